The van der Waals surface area contributed by atoms with Gasteiger partial charge in [-0.15, -0.1) is 23.5 Å². The van der Waals surface area contributed by atoms with Gasteiger partial charge in [0.15, 0.2) is 0 Å². The van der Waals surface area contributed by atoms with Gasteiger partial charge in [0.25, 0.3) is 23.6 Å². The number of imide groups is 2. The van der Waals surface area contributed by atoms with Crippen LogP contribution in [0.25, 0.3) is 33.2 Å². The second-order valence-electron chi connectivity index (χ2n) is 17.4. The first-order chi connectivity index (χ1) is 32.0. The molecular weight excluding hydrogens is 877 g/mol. The van der Waals surface area contributed by atoms with Gasteiger partial charge < -0.3 is 30.8 Å². The van der Waals surface area contributed by atoms with Crippen molar-refractivity contribution in [2.24, 2.45) is 0 Å². The van der Waals surface area contributed by atoms with Gasteiger partial charge in [-0.3, -0.25) is 29.0 Å². The summed E-state index contributed by atoms with van der Waals surface area (Å²) in [5, 5.41) is 30.3. The Balaban J connectivity index is 0.802. The van der Waals surface area contributed by atoms with Crippen LogP contribution >= 0.6 is 23.5 Å². The average molecular weight is 925 g/mol. The molecule has 66 heavy (non-hydrogen) atoms. The van der Waals surface area contributed by atoms with Gasteiger partial charge in [0.2, 0.25) is 0 Å². The van der Waals surface area contributed by atoms with Gasteiger partial charge in [-0.1, -0.05) is 60.7 Å². The Morgan fingerprint density at radius 2 is 0.894 bits per heavy atom. The maximum absolute atomic E-state index is 13.1. The second-order valence-corrected chi connectivity index (χ2v) is 19.9. The van der Waals surface area contributed by atoms with Crippen LogP contribution in [-0.4, -0.2) is 112 Å². The second kappa shape index (κ2) is 18.2. The minimum atomic E-state index is -1.24. The van der Waals surface area contributed by atoms with E-state index in [-0.39, 0.29) is 57.9 Å². The zero-order chi connectivity index (χ0) is 45.6. The van der Waals surface area contributed by atoms with Crippen LogP contribution in [0.4, 0.5) is 0 Å². The number of fused-ring (bicyclic) bond motifs is 4. The summed E-state index contributed by atoms with van der Waals surface area (Å²) in [6.07, 6.45) is 4.24. The molecule has 16 heteroatoms. The van der Waals surface area contributed by atoms with Crippen molar-refractivity contribution in [1.29, 1.82) is 0 Å². The molecule has 4 amide bonds. The zero-order valence-corrected chi connectivity index (χ0v) is 37.5. The molecule has 1 unspecified atom stereocenters. The van der Waals surface area contributed by atoms with E-state index in [1.54, 1.807) is 48.5 Å². The lowest BCUT2D eigenvalue weighted by Gasteiger charge is -2.23. The number of carboxylic acids is 2. The molecule has 2 saturated heterocycles. The fraction of sp³-hybridized carbons (Fsp3) is 0.320. The summed E-state index contributed by atoms with van der Waals surface area (Å²) in [6, 6.07) is 27.4. The Labute approximate surface area is 388 Å². The largest absolute Gasteiger partial charge is 0.480 e. The van der Waals surface area contributed by atoms with Crippen LogP contribution in [0.2, 0.25) is 0 Å². The van der Waals surface area contributed by atoms with E-state index in [9.17, 15) is 39.0 Å². The number of hydrogen-bond donors (Lipinski definition) is 6. The van der Waals surface area contributed by atoms with E-state index in [0.29, 0.717) is 25.7 Å². The van der Waals surface area contributed by atoms with E-state index in [2.05, 4.69) is 57.0 Å². The molecular formula is C50H48N6O8S2. The number of carbonyl (C=O) groups is 6. The number of amides is 4. The van der Waals surface area contributed by atoms with E-state index in [0.717, 1.165) is 67.3 Å². The number of aromatic amines is 2. The molecule has 4 aromatic carbocycles. The third kappa shape index (κ3) is 8.09. The molecule has 6 heterocycles. The fourth-order valence-corrected chi connectivity index (χ4v) is 12.8. The maximum Gasteiger partial charge on any atom is 0.326 e. The molecule has 2 fully saturated rings. The third-order valence-electron chi connectivity index (χ3n) is 13.4. The highest BCUT2D eigenvalue weighted by molar-refractivity contribution is 8.00. The Bertz CT molecular complexity index is 2660. The number of thioether (sulfide) groups is 2. The molecule has 4 aliphatic rings. The van der Waals surface area contributed by atoms with Crippen molar-refractivity contribution in [1.82, 2.24) is 30.4 Å². The SMILES string of the molecule is O=C(O)[C@H](CCC[C@@H]1NC(Cc2c(-c3[nH]c4ccccc4c3C[C@@H]3CS[C@H](CCC[C@@H](C(=O)O)N4C(=O)c5ccccc5C4=O)N3)[nH]c3ccccc23)CS1)N1C(=O)c2ccccc2C1=O. The first kappa shape index (κ1) is 43.7. The molecule has 0 saturated carbocycles. The van der Waals surface area contributed by atoms with Gasteiger partial charge in [-0.25, -0.2) is 9.59 Å². The maximum atomic E-state index is 13.1. The lowest BCUT2D eigenvalue weighted by atomic mass is 9.97. The molecule has 6 N–H and O–H groups in total. The minimum Gasteiger partial charge on any atom is -0.480 e. The fourth-order valence-electron chi connectivity index (χ4n) is 10.2. The molecule has 10 rings (SSSR count). The molecule has 6 atom stereocenters. The van der Waals surface area contributed by atoms with E-state index < -0.39 is 47.7 Å². The van der Waals surface area contributed by atoms with Crippen molar-refractivity contribution in [2.75, 3.05) is 11.5 Å². The number of H-pyrrole nitrogens is 2. The number of carbonyl (C=O) groups excluding carboxylic acids is 4. The molecule has 0 spiro atoms. The van der Waals surface area contributed by atoms with Crippen LogP contribution in [0.3, 0.4) is 0 Å². The minimum absolute atomic E-state index is 0.0835. The molecule has 6 aromatic rings. The normalized spacial score (nSPS) is 21.3. The van der Waals surface area contributed by atoms with Crippen molar-refractivity contribution in [2.45, 2.75) is 86.3 Å². The van der Waals surface area contributed by atoms with Crippen LogP contribution in [0, 0.1) is 0 Å². The first-order valence-corrected chi connectivity index (χ1v) is 24.5. The molecule has 2 aromatic heterocycles. The highest BCUT2D eigenvalue weighted by Crippen LogP contribution is 2.39. The number of hydrogen-bond acceptors (Lipinski definition) is 10. The van der Waals surface area contributed by atoms with Gasteiger partial charge in [0.1, 0.15) is 12.1 Å². The summed E-state index contributed by atoms with van der Waals surface area (Å²) in [6.45, 7) is 0. The van der Waals surface area contributed by atoms with Crippen LogP contribution in [0.15, 0.2) is 97.1 Å². The third-order valence-corrected chi connectivity index (χ3v) is 16.1. The lowest BCUT2D eigenvalue weighted by molar-refractivity contribution is -0.142. The number of nitrogens with one attached hydrogen (secondary N) is 4. The number of aliphatic carboxylic acids is 2. The van der Waals surface area contributed by atoms with Crippen LogP contribution < -0.4 is 10.6 Å². The summed E-state index contributed by atoms with van der Waals surface area (Å²) in [5.41, 5.74) is 7.53. The molecule has 0 radical (unpaired) electrons. The van der Waals surface area contributed by atoms with Crippen LogP contribution in [0.5, 0.6) is 0 Å². The van der Waals surface area contributed by atoms with Crippen molar-refractivity contribution in [3.8, 4) is 11.4 Å². The summed E-state index contributed by atoms with van der Waals surface area (Å²) in [4.78, 5) is 86.5. The summed E-state index contributed by atoms with van der Waals surface area (Å²) >= 11 is 3.61. The van der Waals surface area contributed by atoms with Gasteiger partial charge in [0, 0.05) is 45.4 Å². The van der Waals surface area contributed by atoms with Gasteiger partial charge in [0.05, 0.1) is 44.4 Å². The highest BCUT2D eigenvalue weighted by atomic mass is 32.2. The smallest absolute Gasteiger partial charge is 0.326 e. The number of para-hydroxylation sites is 2. The Hall–Kier alpha value is -6.20. The predicted molar refractivity (Wildman–Crippen MR) is 254 cm³/mol. The average Bonchev–Trinajstić information content (AvgIpc) is 4.19. The number of nitrogens with zero attached hydrogens (tertiary/aromatic N) is 2. The Morgan fingerprint density at radius 1 is 0.545 bits per heavy atom. The van der Waals surface area contributed by atoms with Crippen LogP contribution in [-0.2, 0) is 22.4 Å². The summed E-state index contributed by atoms with van der Waals surface area (Å²) in [7, 11) is 0. The number of carboxylic acid groups (broad SMARTS) is 2. The molecule has 338 valence electrons. The van der Waals surface area contributed by atoms with Crippen LogP contribution in [0.1, 0.15) is 91.1 Å². The number of aromatic nitrogens is 2. The lowest BCUT2D eigenvalue weighted by Crippen LogP contribution is -2.45. The quantitative estimate of drug-likeness (QED) is 0.0499. The highest BCUT2D eigenvalue weighted by Gasteiger charge is 2.44. The summed E-state index contributed by atoms with van der Waals surface area (Å²) in [5.74, 6) is -2.89. The van der Waals surface area contributed by atoms with E-state index in [4.69, 9.17) is 0 Å². The molecule has 14 nitrogen and oxygen atoms in total. The molecule has 4 aliphatic heterocycles. The van der Waals surface area contributed by atoms with Crippen molar-refractivity contribution >= 4 is 80.9 Å². The number of rotatable bonds is 17. The van der Waals surface area contributed by atoms with Gasteiger partial charge >= 0.3 is 11.9 Å². The Morgan fingerprint density at radius 3 is 1.26 bits per heavy atom. The van der Waals surface area contributed by atoms with Crippen molar-refractivity contribution in [3.63, 3.8) is 0 Å². The van der Waals surface area contributed by atoms with Crippen molar-refractivity contribution in [3.05, 3.63) is 130 Å². The monoisotopic (exact) mass is 924 g/mol. The van der Waals surface area contributed by atoms with E-state index >= 15 is 0 Å². The first-order valence-electron chi connectivity index (χ1n) is 22.4. The topological polar surface area (TPSA) is 205 Å². The van der Waals surface area contributed by atoms with Gasteiger partial charge in [-0.2, -0.15) is 0 Å². The van der Waals surface area contributed by atoms with E-state index in [1.807, 2.05) is 35.7 Å². The van der Waals surface area contributed by atoms with E-state index in [1.165, 1.54) is 11.1 Å². The number of benzene rings is 4. The van der Waals surface area contributed by atoms with Gasteiger partial charge in [-0.05, 0) is 98.9 Å². The standard InChI is InChI=1S/C50H48N6O8S2/c57-45-31-13-1-2-14-32(31)46(58)55(45)39(49(61)62)19-9-21-41-51-27(25-65-41)23-35-29-11-5-7-17-37(29)53-43(35)44-36(30-12-6-8-18-38(30)54-44)24-28-26-66-42(52-28)22-10-20-40(50(63)64)56-47(59)33-15-3-4-16-34(33)48(56)60/h1-8,11-18,27-28,39-42,51-54H,9-10,19-26H2,(H,61,62)(H,63,64)/t27-,28?,39+,40+,41-,42-/m1/s1. The Kier molecular flexibility index (Phi) is 12.1. The van der Waals surface area contributed by atoms with Crippen molar-refractivity contribution < 1.29 is 39.0 Å². The molecule has 0 bridgehead atoms. The molecule has 0 aliphatic carbocycles. The zero-order valence-electron chi connectivity index (χ0n) is 35.8. The summed E-state index contributed by atoms with van der Waals surface area (Å²) < 4.78 is 0. The predicted octanol–water partition coefficient (Wildman–Crippen LogP) is 7.30.